The van der Waals surface area contributed by atoms with E-state index in [9.17, 15) is 0 Å². The fourth-order valence-corrected chi connectivity index (χ4v) is 2.30. The van der Waals surface area contributed by atoms with Crippen molar-refractivity contribution in [2.24, 2.45) is 0 Å². The number of hydrogen-bond donors (Lipinski definition) is 1. The highest BCUT2D eigenvalue weighted by Crippen LogP contribution is 2.25. The standard InChI is InChI=1S/C15H20N2O/c1-16-15(8-5-9-18-2)14-11-17-10-12-6-3-4-7-13(12)14/h3-4,6-7,10-11,15-16H,5,8-9H2,1-2H3. The molecule has 2 rings (SSSR count). The molecule has 1 N–H and O–H groups in total. The minimum absolute atomic E-state index is 0.332. The Balaban J connectivity index is 2.27. The molecule has 0 saturated carbocycles. The fourth-order valence-electron chi connectivity index (χ4n) is 2.30. The van der Waals surface area contributed by atoms with Crippen molar-refractivity contribution in [2.45, 2.75) is 18.9 Å². The second-order valence-corrected chi connectivity index (χ2v) is 4.43. The number of fused-ring (bicyclic) bond motifs is 1. The molecule has 1 atom stereocenters. The van der Waals surface area contributed by atoms with E-state index in [2.05, 4.69) is 28.5 Å². The number of pyridine rings is 1. The van der Waals surface area contributed by atoms with Gasteiger partial charge in [-0.05, 0) is 30.8 Å². The first kappa shape index (κ1) is 13.0. The summed E-state index contributed by atoms with van der Waals surface area (Å²) < 4.78 is 5.12. The first-order valence-corrected chi connectivity index (χ1v) is 6.35. The van der Waals surface area contributed by atoms with Crippen molar-refractivity contribution in [1.29, 1.82) is 0 Å². The summed E-state index contributed by atoms with van der Waals surface area (Å²) in [5, 5.41) is 5.85. The van der Waals surface area contributed by atoms with E-state index in [1.54, 1.807) is 7.11 Å². The zero-order valence-corrected chi connectivity index (χ0v) is 11.0. The average molecular weight is 244 g/mol. The van der Waals surface area contributed by atoms with Crippen molar-refractivity contribution in [2.75, 3.05) is 20.8 Å². The predicted octanol–water partition coefficient (Wildman–Crippen LogP) is 2.92. The number of benzene rings is 1. The minimum Gasteiger partial charge on any atom is -0.385 e. The second kappa shape index (κ2) is 6.47. The number of nitrogens with one attached hydrogen (secondary N) is 1. The molecule has 0 fully saturated rings. The van der Waals surface area contributed by atoms with Gasteiger partial charge in [0, 0.05) is 37.5 Å². The Labute approximate surface area is 108 Å². The maximum Gasteiger partial charge on any atom is 0.0462 e. The summed E-state index contributed by atoms with van der Waals surface area (Å²) in [5.41, 5.74) is 1.27. The summed E-state index contributed by atoms with van der Waals surface area (Å²) >= 11 is 0. The van der Waals surface area contributed by atoms with Crippen molar-refractivity contribution in [3.8, 4) is 0 Å². The Hall–Kier alpha value is -1.45. The van der Waals surface area contributed by atoms with E-state index >= 15 is 0 Å². The van der Waals surface area contributed by atoms with Crippen LogP contribution in [0.25, 0.3) is 10.8 Å². The van der Waals surface area contributed by atoms with E-state index in [1.165, 1.54) is 16.3 Å². The maximum atomic E-state index is 5.12. The molecule has 1 heterocycles. The van der Waals surface area contributed by atoms with Gasteiger partial charge in [-0.3, -0.25) is 4.98 Å². The van der Waals surface area contributed by atoms with E-state index in [0.29, 0.717) is 6.04 Å². The zero-order chi connectivity index (χ0) is 12.8. The SMILES string of the molecule is CNC(CCCOC)c1cncc2ccccc12. The van der Waals surface area contributed by atoms with Crippen LogP contribution >= 0.6 is 0 Å². The van der Waals surface area contributed by atoms with Gasteiger partial charge in [-0.2, -0.15) is 0 Å². The van der Waals surface area contributed by atoms with Crippen molar-refractivity contribution >= 4 is 10.8 Å². The van der Waals surface area contributed by atoms with E-state index < -0.39 is 0 Å². The number of nitrogens with zero attached hydrogens (tertiary/aromatic N) is 1. The highest BCUT2D eigenvalue weighted by molar-refractivity contribution is 5.85. The highest BCUT2D eigenvalue weighted by atomic mass is 16.5. The number of aromatic nitrogens is 1. The van der Waals surface area contributed by atoms with Crippen LogP contribution in [0.1, 0.15) is 24.4 Å². The molecule has 0 bridgehead atoms. The quantitative estimate of drug-likeness (QED) is 0.793. The molecule has 0 radical (unpaired) electrons. The van der Waals surface area contributed by atoms with Gasteiger partial charge in [0.1, 0.15) is 0 Å². The van der Waals surface area contributed by atoms with E-state index in [1.807, 2.05) is 25.5 Å². The number of ether oxygens (including phenoxy) is 1. The third-order valence-corrected chi connectivity index (χ3v) is 3.26. The van der Waals surface area contributed by atoms with Crippen molar-refractivity contribution in [3.05, 3.63) is 42.2 Å². The molecule has 0 saturated heterocycles. The van der Waals surface area contributed by atoms with Crippen LogP contribution in [0.4, 0.5) is 0 Å². The Bertz CT molecular complexity index is 493. The lowest BCUT2D eigenvalue weighted by Crippen LogP contribution is -2.17. The average Bonchev–Trinajstić information content (AvgIpc) is 2.43. The highest BCUT2D eigenvalue weighted by Gasteiger charge is 2.12. The van der Waals surface area contributed by atoms with Gasteiger partial charge in [-0.15, -0.1) is 0 Å². The molecule has 0 spiro atoms. The molecule has 0 aliphatic carbocycles. The monoisotopic (exact) mass is 244 g/mol. The van der Waals surface area contributed by atoms with Gasteiger partial charge < -0.3 is 10.1 Å². The Morgan fingerprint density at radius 1 is 1.28 bits per heavy atom. The van der Waals surface area contributed by atoms with Crippen LogP contribution in [-0.2, 0) is 4.74 Å². The third-order valence-electron chi connectivity index (χ3n) is 3.26. The summed E-state index contributed by atoms with van der Waals surface area (Å²) in [7, 11) is 3.74. The van der Waals surface area contributed by atoms with Gasteiger partial charge in [0.15, 0.2) is 0 Å². The Morgan fingerprint density at radius 2 is 2.11 bits per heavy atom. The minimum atomic E-state index is 0.332. The molecular weight excluding hydrogens is 224 g/mol. The van der Waals surface area contributed by atoms with Crippen molar-refractivity contribution < 1.29 is 4.74 Å². The molecule has 0 aliphatic heterocycles. The summed E-state index contributed by atoms with van der Waals surface area (Å²) in [4.78, 5) is 4.34. The van der Waals surface area contributed by atoms with E-state index in [4.69, 9.17) is 4.74 Å². The van der Waals surface area contributed by atoms with Gasteiger partial charge in [-0.25, -0.2) is 0 Å². The normalized spacial score (nSPS) is 12.8. The molecule has 96 valence electrons. The molecule has 1 aromatic carbocycles. The third kappa shape index (κ3) is 2.86. The summed E-state index contributed by atoms with van der Waals surface area (Å²) in [5.74, 6) is 0. The summed E-state index contributed by atoms with van der Waals surface area (Å²) in [6.07, 6.45) is 5.99. The predicted molar refractivity (Wildman–Crippen MR) is 74.7 cm³/mol. The van der Waals surface area contributed by atoms with Gasteiger partial charge in [0.25, 0.3) is 0 Å². The number of hydrogen-bond acceptors (Lipinski definition) is 3. The summed E-state index contributed by atoms with van der Waals surface area (Å²) in [6, 6.07) is 8.72. The smallest absolute Gasteiger partial charge is 0.0462 e. The van der Waals surface area contributed by atoms with Crippen molar-refractivity contribution in [1.82, 2.24) is 10.3 Å². The van der Waals surface area contributed by atoms with Crippen LogP contribution in [-0.4, -0.2) is 25.7 Å². The zero-order valence-electron chi connectivity index (χ0n) is 11.0. The molecule has 1 unspecified atom stereocenters. The van der Waals surface area contributed by atoms with Crippen molar-refractivity contribution in [3.63, 3.8) is 0 Å². The van der Waals surface area contributed by atoms with Crippen LogP contribution in [0.15, 0.2) is 36.7 Å². The number of rotatable bonds is 6. The number of methoxy groups -OCH3 is 1. The van der Waals surface area contributed by atoms with Crippen LogP contribution in [0.2, 0.25) is 0 Å². The van der Waals surface area contributed by atoms with E-state index in [0.717, 1.165) is 19.4 Å². The Morgan fingerprint density at radius 3 is 2.89 bits per heavy atom. The van der Waals surface area contributed by atoms with Crippen LogP contribution < -0.4 is 5.32 Å². The molecule has 18 heavy (non-hydrogen) atoms. The molecule has 2 aromatic rings. The molecular formula is C15H20N2O. The van der Waals surface area contributed by atoms with Crippen LogP contribution in [0.3, 0.4) is 0 Å². The van der Waals surface area contributed by atoms with Crippen LogP contribution in [0.5, 0.6) is 0 Å². The van der Waals surface area contributed by atoms with Gasteiger partial charge in [0.2, 0.25) is 0 Å². The topological polar surface area (TPSA) is 34.1 Å². The molecule has 3 nitrogen and oxygen atoms in total. The second-order valence-electron chi connectivity index (χ2n) is 4.43. The largest absolute Gasteiger partial charge is 0.385 e. The van der Waals surface area contributed by atoms with Gasteiger partial charge >= 0.3 is 0 Å². The fraction of sp³-hybridized carbons (Fsp3) is 0.400. The lowest BCUT2D eigenvalue weighted by Gasteiger charge is -2.18. The molecule has 1 aromatic heterocycles. The molecule has 0 aliphatic rings. The lowest BCUT2D eigenvalue weighted by molar-refractivity contribution is 0.189. The van der Waals surface area contributed by atoms with E-state index in [-0.39, 0.29) is 0 Å². The summed E-state index contributed by atoms with van der Waals surface area (Å²) in [6.45, 7) is 0.802. The van der Waals surface area contributed by atoms with Crippen LogP contribution in [0, 0.1) is 0 Å². The Kier molecular flexibility index (Phi) is 4.67. The first-order chi connectivity index (χ1) is 8.86. The molecule has 3 heteroatoms. The maximum absolute atomic E-state index is 5.12. The van der Waals surface area contributed by atoms with Gasteiger partial charge in [-0.1, -0.05) is 24.3 Å². The molecule has 0 amide bonds. The van der Waals surface area contributed by atoms with Gasteiger partial charge in [0.05, 0.1) is 0 Å². The lowest BCUT2D eigenvalue weighted by atomic mass is 9.98. The first-order valence-electron chi connectivity index (χ1n) is 6.35.